The van der Waals surface area contributed by atoms with Gasteiger partial charge in [-0.3, -0.25) is 0 Å². The molecule has 2 aliphatic rings. The van der Waals surface area contributed by atoms with E-state index in [0.717, 1.165) is 43.8 Å². The third-order valence-electron chi connectivity index (χ3n) is 6.94. The molecule has 1 unspecified atom stereocenters. The van der Waals surface area contributed by atoms with Gasteiger partial charge in [0, 0.05) is 39.2 Å². The number of allylic oxidation sites excluding steroid dienone is 1. The second-order valence-electron chi connectivity index (χ2n) is 9.46. The van der Waals surface area contributed by atoms with Crippen LogP contribution in [0.15, 0.2) is 69.6 Å². The Labute approximate surface area is 260 Å². The Bertz CT molecular complexity index is 1650. The quantitative estimate of drug-likeness (QED) is 0.189. The minimum absolute atomic E-state index is 0.0537. The number of nitriles is 2. The van der Waals surface area contributed by atoms with Gasteiger partial charge in [0.05, 0.1) is 29.4 Å². The van der Waals surface area contributed by atoms with E-state index in [1.165, 1.54) is 11.8 Å². The van der Waals surface area contributed by atoms with Crippen molar-refractivity contribution in [3.8, 4) is 22.6 Å². The maximum Gasteiger partial charge on any atom is 0.338 e. The monoisotopic (exact) mass is 695 g/mol. The molecule has 0 bridgehead atoms. The number of aromatic nitrogens is 1. The molecule has 2 aliphatic heterocycles. The van der Waals surface area contributed by atoms with Crippen molar-refractivity contribution in [3.05, 3.63) is 90.5 Å². The van der Waals surface area contributed by atoms with Crippen LogP contribution in [0.4, 0.5) is 0 Å². The predicted octanol–water partition coefficient (Wildman–Crippen LogP) is 5.69. The number of halogens is 1. The summed E-state index contributed by atoms with van der Waals surface area (Å²) in [6.07, 6.45) is 0.770. The van der Waals surface area contributed by atoms with Crippen molar-refractivity contribution < 1.29 is 14.3 Å². The third kappa shape index (κ3) is 5.72. The van der Waals surface area contributed by atoms with Gasteiger partial charge in [-0.25, -0.2) is 9.78 Å². The van der Waals surface area contributed by atoms with Crippen LogP contribution in [-0.2, 0) is 27.2 Å². The molecule has 208 valence electrons. The number of ether oxygens (including phenoxy) is 2. The molecule has 0 saturated carbocycles. The molecule has 41 heavy (non-hydrogen) atoms. The number of fused-ring (bicyclic) bond motifs is 1. The average molecular weight is 696 g/mol. The summed E-state index contributed by atoms with van der Waals surface area (Å²) >= 11 is 5.10. The summed E-state index contributed by atoms with van der Waals surface area (Å²) in [4.78, 5) is 21.6. The summed E-state index contributed by atoms with van der Waals surface area (Å²) < 4.78 is 12.3. The second-order valence-corrected chi connectivity index (χ2v) is 12.5. The molecule has 3 aromatic rings. The molecule has 1 aromatic carbocycles. The van der Waals surface area contributed by atoms with Gasteiger partial charge in [-0.05, 0) is 65.2 Å². The van der Waals surface area contributed by atoms with E-state index in [1.54, 1.807) is 18.3 Å². The summed E-state index contributed by atoms with van der Waals surface area (Å²) in [6, 6.07) is 16.1. The first-order valence-electron chi connectivity index (χ1n) is 12.9. The SMILES string of the molecule is CCOC(=O)C1=C(CSc2nc3c(c(-c4cccs4)c2C#N)CN(C)CC3)OC(N)=C(C#N)C1c1ccccc1I. The number of nitrogens with zero attached hydrogens (tertiary/aromatic N) is 4. The topological polar surface area (TPSA) is 125 Å². The lowest BCUT2D eigenvalue weighted by atomic mass is 9.83. The van der Waals surface area contributed by atoms with E-state index in [9.17, 15) is 15.3 Å². The van der Waals surface area contributed by atoms with Gasteiger partial charge < -0.3 is 20.1 Å². The van der Waals surface area contributed by atoms with Crippen molar-refractivity contribution in [1.82, 2.24) is 9.88 Å². The molecular formula is C30H26IN5O3S2. The van der Waals surface area contributed by atoms with Gasteiger partial charge in [0.15, 0.2) is 0 Å². The number of likely N-dealkylation sites (N-methyl/N-ethyl adjacent to an activating group) is 1. The average Bonchev–Trinajstić information content (AvgIpc) is 3.50. The first kappa shape index (κ1) is 29.1. The first-order valence-corrected chi connectivity index (χ1v) is 15.9. The molecule has 1 atom stereocenters. The molecule has 2 N–H and O–H groups in total. The number of rotatable bonds is 7. The van der Waals surface area contributed by atoms with E-state index >= 15 is 0 Å². The molecule has 0 amide bonds. The van der Waals surface area contributed by atoms with E-state index in [1.807, 2.05) is 41.8 Å². The van der Waals surface area contributed by atoms with Gasteiger partial charge in [-0.1, -0.05) is 36.0 Å². The normalized spacial score (nSPS) is 17.0. The number of esters is 1. The van der Waals surface area contributed by atoms with Crippen molar-refractivity contribution >= 4 is 51.7 Å². The van der Waals surface area contributed by atoms with E-state index in [2.05, 4.69) is 46.7 Å². The summed E-state index contributed by atoms with van der Waals surface area (Å²) in [5.74, 6) is -0.926. The molecule has 0 saturated heterocycles. The zero-order chi connectivity index (χ0) is 29.1. The van der Waals surface area contributed by atoms with E-state index in [4.69, 9.17) is 20.2 Å². The fourth-order valence-electron chi connectivity index (χ4n) is 5.08. The Morgan fingerprint density at radius 2 is 2.10 bits per heavy atom. The minimum Gasteiger partial charge on any atom is -0.463 e. The molecule has 8 nitrogen and oxygen atoms in total. The molecule has 0 aliphatic carbocycles. The van der Waals surface area contributed by atoms with Crippen LogP contribution < -0.4 is 5.73 Å². The number of carbonyl (C=O) groups excluding carboxylic acids is 1. The lowest BCUT2D eigenvalue weighted by molar-refractivity contribution is -0.139. The maximum atomic E-state index is 13.4. The molecule has 0 spiro atoms. The molecule has 5 rings (SSSR count). The number of hydrogen-bond acceptors (Lipinski definition) is 10. The molecule has 0 radical (unpaired) electrons. The fourth-order valence-corrected chi connectivity index (χ4v) is 7.54. The van der Waals surface area contributed by atoms with Crippen LogP contribution in [0, 0.1) is 26.2 Å². The highest BCUT2D eigenvalue weighted by atomic mass is 127. The van der Waals surface area contributed by atoms with Gasteiger partial charge in [0.1, 0.15) is 28.5 Å². The van der Waals surface area contributed by atoms with E-state index in [-0.39, 0.29) is 35.1 Å². The number of pyridine rings is 1. The standard InChI is InChI=1S/C30H26IN5O3S2/c1-3-38-30(37)27-23(39-28(34)18(13-32)26(27)17-7-4-5-8-21(17)31)16-41-29-19(14-33)25(24-9-6-12-40-24)20-15-36(2)11-10-22(20)35-29/h4-9,12,26H,3,10-11,15-16,34H2,1-2H3. The van der Waals surface area contributed by atoms with Crippen molar-refractivity contribution in [1.29, 1.82) is 10.5 Å². The van der Waals surface area contributed by atoms with Crippen molar-refractivity contribution in [2.45, 2.75) is 30.8 Å². The van der Waals surface area contributed by atoms with Crippen LogP contribution in [0.5, 0.6) is 0 Å². The molecule has 0 fully saturated rings. The lowest BCUT2D eigenvalue weighted by Gasteiger charge is -2.29. The summed E-state index contributed by atoms with van der Waals surface area (Å²) in [5.41, 5.74) is 10.9. The highest BCUT2D eigenvalue weighted by Crippen LogP contribution is 2.44. The van der Waals surface area contributed by atoms with Crippen LogP contribution in [0.1, 0.15) is 35.2 Å². The van der Waals surface area contributed by atoms with Gasteiger partial charge in [0.2, 0.25) is 5.88 Å². The van der Waals surface area contributed by atoms with Crippen LogP contribution in [0.2, 0.25) is 0 Å². The zero-order valence-corrected chi connectivity index (χ0v) is 26.2. The number of carbonyl (C=O) groups is 1. The Morgan fingerprint density at radius 1 is 1.29 bits per heavy atom. The zero-order valence-electron chi connectivity index (χ0n) is 22.4. The predicted molar refractivity (Wildman–Crippen MR) is 166 cm³/mol. The number of thiophene rings is 1. The smallest absolute Gasteiger partial charge is 0.338 e. The van der Waals surface area contributed by atoms with Crippen LogP contribution in [-0.4, -0.2) is 41.8 Å². The molecule has 2 aromatic heterocycles. The summed E-state index contributed by atoms with van der Waals surface area (Å²) in [5, 5.41) is 22.9. The van der Waals surface area contributed by atoms with Gasteiger partial charge >= 0.3 is 5.97 Å². The maximum absolute atomic E-state index is 13.4. The highest BCUT2D eigenvalue weighted by Gasteiger charge is 2.38. The third-order valence-corrected chi connectivity index (χ3v) is 9.78. The van der Waals surface area contributed by atoms with Crippen LogP contribution >= 0.6 is 45.7 Å². The number of benzene rings is 1. The van der Waals surface area contributed by atoms with E-state index < -0.39 is 11.9 Å². The van der Waals surface area contributed by atoms with Gasteiger partial charge in [-0.15, -0.1) is 11.3 Å². The van der Waals surface area contributed by atoms with Gasteiger partial charge in [-0.2, -0.15) is 10.5 Å². The molecular weight excluding hydrogens is 669 g/mol. The van der Waals surface area contributed by atoms with Crippen molar-refractivity contribution in [2.75, 3.05) is 26.0 Å². The summed E-state index contributed by atoms with van der Waals surface area (Å²) in [6.45, 7) is 3.47. The number of hydrogen-bond donors (Lipinski definition) is 1. The van der Waals surface area contributed by atoms with E-state index in [0.29, 0.717) is 17.1 Å². The number of thioether (sulfide) groups is 1. The Balaban J connectivity index is 1.62. The Hall–Kier alpha value is -3.36. The molecule has 11 heteroatoms. The highest BCUT2D eigenvalue weighted by molar-refractivity contribution is 14.1. The Kier molecular flexibility index (Phi) is 9.00. The minimum atomic E-state index is -0.749. The van der Waals surface area contributed by atoms with Gasteiger partial charge in [0.25, 0.3) is 0 Å². The van der Waals surface area contributed by atoms with Crippen molar-refractivity contribution in [3.63, 3.8) is 0 Å². The molecule has 4 heterocycles. The summed E-state index contributed by atoms with van der Waals surface area (Å²) in [7, 11) is 2.07. The second kappa shape index (κ2) is 12.7. The van der Waals surface area contributed by atoms with Crippen LogP contribution in [0.3, 0.4) is 0 Å². The van der Waals surface area contributed by atoms with Crippen LogP contribution in [0.25, 0.3) is 10.4 Å². The fraction of sp³-hybridized carbons (Fsp3) is 0.267. The lowest BCUT2D eigenvalue weighted by Crippen LogP contribution is -2.28. The number of nitrogens with two attached hydrogens (primary N) is 1. The first-order chi connectivity index (χ1) is 19.9. The largest absolute Gasteiger partial charge is 0.463 e. The van der Waals surface area contributed by atoms with Crippen molar-refractivity contribution in [2.24, 2.45) is 5.73 Å². The Morgan fingerprint density at radius 3 is 2.78 bits per heavy atom.